The van der Waals surface area contributed by atoms with E-state index >= 15 is 0 Å². The molecule has 2 heterocycles. The van der Waals surface area contributed by atoms with Crippen molar-refractivity contribution >= 4 is 17.5 Å². The minimum atomic E-state index is -0.585. The number of anilines is 1. The van der Waals surface area contributed by atoms with Crippen LogP contribution in [0.3, 0.4) is 0 Å². The molecule has 0 aliphatic carbocycles. The lowest BCUT2D eigenvalue weighted by Gasteiger charge is -2.38. The lowest BCUT2D eigenvalue weighted by molar-refractivity contribution is -0.252. The molecule has 0 saturated carbocycles. The minimum Gasteiger partial charge on any atom is -0.392 e. The summed E-state index contributed by atoms with van der Waals surface area (Å²) in [6, 6.07) is 21.2. The number of rotatable bonds is 14. The van der Waals surface area contributed by atoms with Gasteiger partial charge in [0, 0.05) is 61.9 Å². The second kappa shape index (κ2) is 16.1. The third-order valence-electron chi connectivity index (χ3n) is 7.26. The number of nitrogens with one attached hydrogen (secondary N) is 2. The second-order valence-corrected chi connectivity index (χ2v) is 10.6. The fraction of sp³-hybridized carbons (Fsp3) is 0.406. The second-order valence-electron chi connectivity index (χ2n) is 10.6. The summed E-state index contributed by atoms with van der Waals surface area (Å²) in [5.41, 5.74) is 6.03. The Balaban J connectivity index is 1.38. The smallest absolute Gasteiger partial charge is 0.243 e. The number of aliphatic hydroxyl groups excluding tert-OH is 1. The largest absolute Gasteiger partial charge is 0.392 e. The molecule has 2 amide bonds. The maximum Gasteiger partial charge on any atom is 0.243 e. The van der Waals surface area contributed by atoms with Crippen molar-refractivity contribution in [1.82, 2.24) is 15.4 Å². The maximum atomic E-state index is 12.3. The van der Waals surface area contributed by atoms with Crippen LogP contribution < -0.4 is 10.8 Å². The Kier molecular flexibility index (Phi) is 12.0. The summed E-state index contributed by atoms with van der Waals surface area (Å²) in [6.45, 7) is 1.57. The van der Waals surface area contributed by atoms with Crippen LogP contribution in [0.2, 0.25) is 0 Å². The number of likely N-dealkylation sites (N-methyl/N-ethyl adjacent to an activating group) is 1. The van der Waals surface area contributed by atoms with Crippen molar-refractivity contribution < 1.29 is 29.4 Å². The highest BCUT2D eigenvalue weighted by Crippen LogP contribution is 2.38. The third kappa shape index (κ3) is 9.71. The first-order valence-corrected chi connectivity index (χ1v) is 14.4. The number of nitrogens with zero attached hydrogens (tertiary/aromatic N) is 2. The van der Waals surface area contributed by atoms with Crippen molar-refractivity contribution in [1.29, 1.82) is 0 Å². The zero-order valence-corrected chi connectivity index (χ0v) is 23.9. The van der Waals surface area contributed by atoms with Gasteiger partial charge in [-0.3, -0.25) is 19.8 Å². The topological polar surface area (TPSA) is 133 Å². The first-order chi connectivity index (χ1) is 20.4. The number of ether oxygens (including phenoxy) is 2. The first-order valence-electron chi connectivity index (χ1n) is 14.4. The van der Waals surface area contributed by atoms with Crippen molar-refractivity contribution in [3.8, 4) is 0 Å². The standard InChI is InChI=1S/C32H40N4O6/c1-36(19-17-26-6-4-5-18-33-26)21-28-20-29(24-11-9-23(22-37)10-12-24)42-32(41-28)25-13-15-27(16-14-25)34-30(38)7-2-3-8-31(39)35-40/h4-6,9-16,18,28-29,32,37,40H,2-3,7-8,17,19-22H2,1H3,(H,34,38)(H,35,39). The summed E-state index contributed by atoms with van der Waals surface area (Å²) in [4.78, 5) is 30.1. The number of unbranched alkanes of at least 4 members (excludes halogenated alkanes) is 1. The van der Waals surface area contributed by atoms with E-state index in [1.807, 2.05) is 72.9 Å². The molecular weight excluding hydrogens is 536 g/mol. The number of hydroxylamine groups is 1. The number of aliphatic hydroxyl groups is 1. The lowest BCUT2D eigenvalue weighted by atomic mass is 9.99. The fourth-order valence-corrected chi connectivity index (χ4v) is 4.90. The number of aromatic nitrogens is 1. The van der Waals surface area contributed by atoms with E-state index in [0.29, 0.717) is 24.9 Å². The van der Waals surface area contributed by atoms with Crippen LogP contribution in [0, 0.1) is 0 Å². The highest BCUT2D eigenvalue weighted by molar-refractivity contribution is 5.90. The number of carbonyl (C=O) groups is 2. The molecule has 3 unspecified atom stereocenters. The van der Waals surface area contributed by atoms with Gasteiger partial charge in [-0.2, -0.15) is 0 Å². The summed E-state index contributed by atoms with van der Waals surface area (Å²) in [5, 5.41) is 20.9. The number of hydrogen-bond acceptors (Lipinski definition) is 8. The van der Waals surface area contributed by atoms with Gasteiger partial charge in [-0.1, -0.05) is 42.5 Å². The van der Waals surface area contributed by atoms with Crippen LogP contribution in [0.15, 0.2) is 72.9 Å². The molecule has 4 N–H and O–H groups in total. The molecule has 3 atom stereocenters. The van der Waals surface area contributed by atoms with Crippen molar-refractivity contribution in [2.75, 3.05) is 25.5 Å². The molecule has 1 fully saturated rings. The van der Waals surface area contributed by atoms with E-state index in [2.05, 4.69) is 22.2 Å². The summed E-state index contributed by atoms with van der Waals surface area (Å²) < 4.78 is 12.9. The Hall–Kier alpha value is -3.67. The summed E-state index contributed by atoms with van der Waals surface area (Å²) >= 11 is 0. The van der Waals surface area contributed by atoms with E-state index < -0.39 is 12.2 Å². The molecule has 1 aliphatic heterocycles. The summed E-state index contributed by atoms with van der Waals surface area (Å²) in [6.07, 6.45) is 4.02. The molecule has 3 aromatic rings. The average molecular weight is 577 g/mol. The van der Waals surface area contributed by atoms with Crippen molar-refractivity contribution in [3.05, 3.63) is 95.3 Å². The Morgan fingerprint density at radius 1 is 0.952 bits per heavy atom. The molecule has 0 spiro atoms. The quantitative estimate of drug-likeness (QED) is 0.127. The van der Waals surface area contributed by atoms with Gasteiger partial charge in [-0.15, -0.1) is 0 Å². The van der Waals surface area contributed by atoms with E-state index in [4.69, 9.17) is 14.7 Å². The number of benzene rings is 2. The SMILES string of the molecule is CN(CCc1ccccn1)CC1CC(c2ccc(CO)cc2)OC(c2ccc(NC(=O)CCCCC(=O)NO)cc2)O1. The van der Waals surface area contributed by atoms with E-state index in [0.717, 1.165) is 41.9 Å². The number of pyridine rings is 1. The van der Waals surface area contributed by atoms with Gasteiger partial charge in [-0.25, -0.2) is 5.48 Å². The maximum absolute atomic E-state index is 12.3. The Bertz CT molecular complexity index is 1260. The lowest BCUT2D eigenvalue weighted by Crippen LogP contribution is -2.38. The van der Waals surface area contributed by atoms with Crippen LogP contribution in [0.25, 0.3) is 0 Å². The Labute approximate surface area is 246 Å². The zero-order chi connectivity index (χ0) is 29.7. The van der Waals surface area contributed by atoms with E-state index in [9.17, 15) is 14.7 Å². The third-order valence-corrected chi connectivity index (χ3v) is 7.26. The zero-order valence-electron chi connectivity index (χ0n) is 23.9. The highest BCUT2D eigenvalue weighted by Gasteiger charge is 2.32. The molecule has 1 aromatic heterocycles. The van der Waals surface area contributed by atoms with Crippen LogP contribution >= 0.6 is 0 Å². The predicted molar refractivity (Wildman–Crippen MR) is 157 cm³/mol. The van der Waals surface area contributed by atoms with Crippen LogP contribution in [0.5, 0.6) is 0 Å². The van der Waals surface area contributed by atoms with Crippen LogP contribution in [-0.4, -0.2) is 58.3 Å². The number of hydrogen-bond donors (Lipinski definition) is 4. The van der Waals surface area contributed by atoms with Gasteiger partial charge in [0.05, 0.1) is 18.8 Å². The molecule has 1 aliphatic rings. The predicted octanol–water partition coefficient (Wildman–Crippen LogP) is 4.30. The fourth-order valence-electron chi connectivity index (χ4n) is 4.90. The van der Waals surface area contributed by atoms with Crippen molar-refractivity contribution in [2.45, 2.75) is 63.6 Å². The van der Waals surface area contributed by atoms with Gasteiger partial charge >= 0.3 is 0 Å². The van der Waals surface area contributed by atoms with Gasteiger partial charge in [0.2, 0.25) is 11.8 Å². The van der Waals surface area contributed by atoms with Gasteiger partial charge in [-0.05, 0) is 55.3 Å². The number of carbonyl (C=O) groups excluding carboxylic acids is 2. The van der Waals surface area contributed by atoms with Crippen LogP contribution in [0.1, 0.15) is 66.9 Å². The molecule has 224 valence electrons. The molecule has 1 saturated heterocycles. The summed E-state index contributed by atoms with van der Waals surface area (Å²) in [7, 11) is 2.08. The highest BCUT2D eigenvalue weighted by atomic mass is 16.7. The molecule has 10 heteroatoms. The van der Waals surface area contributed by atoms with Gasteiger partial charge in [0.1, 0.15) is 0 Å². The number of amides is 2. The molecule has 2 aromatic carbocycles. The molecule has 10 nitrogen and oxygen atoms in total. The molecule has 0 radical (unpaired) electrons. The Morgan fingerprint density at radius 2 is 1.67 bits per heavy atom. The summed E-state index contributed by atoms with van der Waals surface area (Å²) in [5.74, 6) is -0.599. The van der Waals surface area contributed by atoms with Crippen LogP contribution in [0.4, 0.5) is 5.69 Å². The van der Waals surface area contributed by atoms with E-state index in [1.165, 1.54) is 0 Å². The molecule has 4 rings (SSSR count). The molecule has 0 bridgehead atoms. The van der Waals surface area contributed by atoms with Crippen molar-refractivity contribution in [3.63, 3.8) is 0 Å². The minimum absolute atomic E-state index is 0.00894. The van der Waals surface area contributed by atoms with E-state index in [1.54, 1.807) is 5.48 Å². The van der Waals surface area contributed by atoms with Crippen LogP contribution in [-0.2, 0) is 32.1 Å². The molecular formula is C32H40N4O6. The average Bonchev–Trinajstić information content (AvgIpc) is 3.02. The van der Waals surface area contributed by atoms with Crippen molar-refractivity contribution in [2.24, 2.45) is 0 Å². The van der Waals surface area contributed by atoms with E-state index in [-0.39, 0.29) is 37.6 Å². The monoisotopic (exact) mass is 576 g/mol. The van der Waals surface area contributed by atoms with Gasteiger partial charge in [0.25, 0.3) is 0 Å². The van der Waals surface area contributed by atoms with Gasteiger partial charge < -0.3 is 24.8 Å². The van der Waals surface area contributed by atoms with Gasteiger partial charge in [0.15, 0.2) is 6.29 Å². The Morgan fingerprint density at radius 3 is 2.33 bits per heavy atom. The first kappa shape index (κ1) is 31.3. The molecule has 42 heavy (non-hydrogen) atoms. The normalized spacial score (nSPS) is 18.5.